The topological polar surface area (TPSA) is 78.4 Å². The van der Waals surface area contributed by atoms with Gasteiger partial charge in [-0.25, -0.2) is 5.48 Å². The SMILES string of the molecule is CCCCCC/C=C/CC(=O)N[C@H](C)CC(=O)NO. The van der Waals surface area contributed by atoms with Crippen LogP contribution >= 0.6 is 0 Å². The summed E-state index contributed by atoms with van der Waals surface area (Å²) < 4.78 is 0. The van der Waals surface area contributed by atoms with E-state index in [1.807, 2.05) is 12.2 Å². The van der Waals surface area contributed by atoms with Gasteiger partial charge in [0.15, 0.2) is 0 Å². The molecule has 19 heavy (non-hydrogen) atoms. The molecule has 1 atom stereocenters. The summed E-state index contributed by atoms with van der Waals surface area (Å²) in [7, 11) is 0. The fourth-order valence-corrected chi connectivity index (χ4v) is 1.71. The molecule has 0 radical (unpaired) electrons. The molecule has 0 rings (SSSR count). The number of hydroxylamine groups is 1. The van der Waals surface area contributed by atoms with Crippen LogP contribution in [0.2, 0.25) is 0 Å². The van der Waals surface area contributed by atoms with Gasteiger partial charge in [0.25, 0.3) is 0 Å². The van der Waals surface area contributed by atoms with E-state index < -0.39 is 5.91 Å². The summed E-state index contributed by atoms with van der Waals surface area (Å²) >= 11 is 0. The van der Waals surface area contributed by atoms with Crippen LogP contribution in [0.1, 0.15) is 58.8 Å². The normalized spacial score (nSPS) is 12.4. The molecule has 3 N–H and O–H groups in total. The molecule has 0 unspecified atom stereocenters. The molecular weight excluding hydrogens is 244 g/mol. The van der Waals surface area contributed by atoms with Crippen molar-refractivity contribution in [2.24, 2.45) is 0 Å². The molecule has 0 saturated carbocycles. The Kier molecular flexibility index (Phi) is 10.9. The van der Waals surface area contributed by atoms with Crippen molar-refractivity contribution in [1.29, 1.82) is 0 Å². The lowest BCUT2D eigenvalue weighted by molar-refractivity contribution is -0.130. The summed E-state index contributed by atoms with van der Waals surface area (Å²) in [5.41, 5.74) is 1.54. The number of nitrogens with one attached hydrogen (secondary N) is 2. The van der Waals surface area contributed by atoms with Crippen molar-refractivity contribution in [3.8, 4) is 0 Å². The van der Waals surface area contributed by atoms with Gasteiger partial charge in [-0.1, -0.05) is 38.3 Å². The third-order valence-electron chi connectivity index (χ3n) is 2.72. The Balaban J connectivity index is 3.63. The summed E-state index contributed by atoms with van der Waals surface area (Å²) in [5.74, 6) is -0.609. The zero-order valence-electron chi connectivity index (χ0n) is 11.9. The van der Waals surface area contributed by atoms with Crippen molar-refractivity contribution in [3.63, 3.8) is 0 Å². The maximum absolute atomic E-state index is 11.5. The van der Waals surface area contributed by atoms with Crippen molar-refractivity contribution in [1.82, 2.24) is 10.8 Å². The highest BCUT2D eigenvalue weighted by atomic mass is 16.5. The minimum Gasteiger partial charge on any atom is -0.353 e. The highest BCUT2D eigenvalue weighted by molar-refractivity contribution is 5.79. The molecule has 0 aliphatic carbocycles. The zero-order valence-corrected chi connectivity index (χ0v) is 11.9. The van der Waals surface area contributed by atoms with Crippen molar-refractivity contribution < 1.29 is 14.8 Å². The fraction of sp³-hybridized carbons (Fsp3) is 0.714. The van der Waals surface area contributed by atoms with Crippen LogP contribution in [-0.4, -0.2) is 23.1 Å². The van der Waals surface area contributed by atoms with Crippen molar-refractivity contribution >= 4 is 11.8 Å². The number of hydrogen-bond acceptors (Lipinski definition) is 3. The van der Waals surface area contributed by atoms with Crippen molar-refractivity contribution in [2.75, 3.05) is 0 Å². The quantitative estimate of drug-likeness (QED) is 0.247. The first-order valence-electron chi connectivity index (χ1n) is 6.97. The fourth-order valence-electron chi connectivity index (χ4n) is 1.71. The number of rotatable bonds is 10. The molecule has 0 bridgehead atoms. The maximum atomic E-state index is 11.5. The standard InChI is InChI=1S/C14H26N2O3/c1-3-4-5-6-7-8-9-10-13(17)15-12(2)11-14(18)16-19/h8-9,12,19H,3-7,10-11H2,1-2H3,(H,15,17)(H,16,18)/b9-8+/t12-/m1/s1. The second-order valence-corrected chi connectivity index (χ2v) is 4.73. The molecule has 5 nitrogen and oxygen atoms in total. The number of unbranched alkanes of at least 4 members (excludes halogenated alkanes) is 4. The third-order valence-corrected chi connectivity index (χ3v) is 2.72. The van der Waals surface area contributed by atoms with E-state index in [0.717, 1.165) is 6.42 Å². The minimum absolute atomic E-state index is 0.0724. The summed E-state index contributed by atoms with van der Waals surface area (Å²) in [4.78, 5) is 22.4. The number of carbonyl (C=O) groups is 2. The average Bonchev–Trinajstić information content (AvgIpc) is 2.37. The Bertz CT molecular complexity index is 290. The van der Waals surface area contributed by atoms with Crippen LogP contribution in [0.3, 0.4) is 0 Å². The predicted molar refractivity (Wildman–Crippen MR) is 74.7 cm³/mol. The molecule has 110 valence electrons. The lowest BCUT2D eigenvalue weighted by Gasteiger charge is -2.11. The van der Waals surface area contributed by atoms with Gasteiger partial charge < -0.3 is 5.32 Å². The minimum atomic E-state index is -0.501. The molecule has 0 aromatic rings. The van der Waals surface area contributed by atoms with Gasteiger partial charge in [0, 0.05) is 18.9 Å². The average molecular weight is 270 g/mol. The van der Waals surface area contributed by atoms with Crippen molar-refractivity contribution in [2.45, 2.75) is 64.8 Å². The van der Waals surface area contributed by atoms with E-state index in [2.05, 4.69) is 12.2 Å². The van der Waals surface area contributed by atoms with Gasteiger partial charge in [0.05, 0.1) is 0 Å². The lowest BCUT2D eigenvalue weighted by Crippen LogP contribution is -2.36. The van der Waals surface area contributed by atoms with Gasteiger partial charge in [-0.05, 0) is 19.8 Å². The molecule has 0 fully saturated rings. The van der Waals surface area contributed by atoms with E-state index in [1.54, 1.807) is 12.4 Å². The molecule has 0 aromatic carbocycles. The van der Waals surface area contributed by atoms with Crippen LogP contribution in [-0.2, 0) is 9.59 Å². The van der Waals surface area contributed by atoms with Crippen LogP contribution in [0.5, 0.6) is 0 Å². The molecular formula is C14H26N2O3. The van der Waals surface area contributed by atoms with E-state index in [1.165, 1.54) is 25.7 Å². The third kappa shape index (κ3) is 11.5. The van der Waals surface area contributed by atoms with Crippen LogP contribution in [0.15, 0.2) is 12.2 Å². The van der Waals surface area contributed by atoms with E-state index in [-0.39, 0.29) is 18.4 Å². The van der Waals surface area contributed by atoms with Gasteiger partial charge in [-0.3, -0.25) is 14.8 Å². The Hall–Kier alpha value is -1.36. The van der Waals surface area contributed by atoms with Gasteiger partial charge in [0.2, 0.25) is 11.8 Å². The Morgan fingerprint density at radius 3 is 2.53 bits per heavy atom. The largest absolute Gasteiger partial charge is 0.353 e. The van der Waals surface area contributed by atoms with Gasteiger partial charge in [-0.2, -0.15) is 0 Å². The highest BCUT2D eigenvalue weighted by Crippen LogP contribution is 2.03. The van der Waals surface area contributed by atoms with Crippen LogP contribution in [0.4, 0.5) is 0 Å². The second-order valence-electron chi connectivity index (χ2n) is 4.73. The van der Waals surface area contributed by atoms with Crippen molar-refractivity contribution in [3.05, 3.63) is 12.2 Å². The summed E-state index contributed by atoms with van der Waals surface area (Å²) in [6.07, 6.45) is 10.2. The van der Waals surface area contributed by atoms with E-state index in [4.69, 9.17) is 5.21 Å². The smallest absolute Gasteiger partial charge is 0.245 e. The van der Waals surface area contributed by atoms with Crippen LogP contribution in [0.25, 0.3) is 0 Å². The zero-order chi connectivity index (χ0) is 14.5. The molecule has 2 amide bonds. The van der Waals surface area contributed by atoms with Crippen LogP contribution in [0, 0.1) is 0 Å². The van der Waals surface area contributed by atoms with Gasteiger partial charge >= 0.3 is 0 Å². The van der Waals surface area contributed by atoms with E-state index in [0.29, 0.717) is 6.42 Å². The second kappa shape index (κ2) is 11.7. The Labute approximate surface area is 115 Å². The van der Waals surface area contributed by atoms with Gasteiger partial charge in [-0.15, -0.1) is 0 Å². The number of amides is 2. The van der Waals surface area contributed by atoms with E-state index in [9.17, 15) is 9.59 Å². The molecule has 0 spiro atoms. The number of hydrogen-bond donors (Lipinski definition) is 3. The van der Waals surface area contributed by atoms with Crippen LogP contribution < -0.4 is 10.8 Å². The van der Waals surface area contributed by atoms with Gasteiger partial charge in [0.1, 0.15) is 0 Å². The predicted octanol–water partition coefficient (Wildman–Crippen LogP) is 2.30. The monoisotopic (exact) mass is 270 g/mol. The first kappa shape index (κ1) is 17.6. The molecule has 0 aliphatic rings. The first-order chi connectivity index (χ1) is 9.10. The molecule has 0 heterocycles. The molecule has 0 aliphatic heterocycles. The summed E-state index contributed by atoms with van der Waals surface area (Å²) in [6, 6.07) is -0.280. The molecule has 5 heteroatoms. The van der Waals surface area contributed by atoms with E-state index >= 15 is 0 Å². The summed E-state index contributed by atoms with van der Waals surface area (Å²) in [5, 5.41) is 11.1. The first-order valence-corrected chi connectivity index (χ1v) is 6.97. The Morgan fingerprint density at radius 1 is 1.16 bits per heavy atom. The number of allylic oxidation sites excluding steroid dienone is 1. The Morgan fingerprint density at radius 2 is 1.89 bits per heavy atom. The summed E-state index contributed by atoms with van der Waals surface area (Å²) in [6.45, 7) is 3.90. The molecule has 0 saturated heterocycles. The lowest BCUT2D eigenvalue weighted by atomic mass is 10.1. The molecule has 0 aromatic heterocycles. The highest BCUT2D eigenvalue weighted by Gasteiger charge is 2.10. The maximum Gasteiger partial charge on any atom is 0.245 e. The number of carbonyl (C=O) groups excluding carboxylic acids is 2.